The predicted octanol–water partition coefficient (Wildman–Crippen LogP) is 4.83. The van der Waals surface area contributed by atoms with Crippen LogP contribution in [-0.2, 0) is 12.7 Å². The molecule has 0 unspecified atom stereocenters. The van der Waals surface area contributed by atoms with Gasteiger partial charge < -0.3 is 4.57 Å². The summed E-state index contributed by atoms with van der Waals surface area (Å²) in [6.45, 7) is 2.49. The van der Waals surface area contributed by atoms with E-state index in [9.17, 15) is 23.3 Å². The van der Waals surface area contributed by atoms with Crippen LogP contribution in [0.25, 0.3) is 11.4 Å². The van der Waals surface area contributed by atoms with E-state index in [1.165, 1.54) is 0 Å². The number of benzene rings is 1. The maximum atomic E-state index is 12.9. The summed E-state index contributed by atoms with van der Waals surface area (Å²) in [7, 11) is 0. The van der Waals surface area contributed by atoms with Gasteiger partial charge in [0.15, 0.2) is 11.0 Å². The van der Waals surface area contributed by atoms with Crippen molar-refractivity contribution < 1.29 is 18.1 Å². The van der Waals surface area contributed by atoms with Crippen LogP contribution in [0, 0.1) is 10.1 Å². The summed E-state index contributed by atoms with van der Waals surface area (Å²) in [6.07, 6.45) is -0.703. The minimum absolute atomic E-state index is 0.0593. The molecule has 2 aromatic heterocycles. The molecule has 0 aliphatic rings. The second-order valence-electron chi connectivity index (χ2n) is 5.73. The molecule has 0 amide bonds. The number of nitrogens with zero attached hydrogens (tertiary/aromatic N) is 5. The molecule has 0 atom stereocenters. The van der Waals surface area contributed by atoms with E-state index in [1.807, 2.05) is 6.92 Å². The standard InChI is InChI=1S/C17H14F3N5O2S/c1-2-9-24-15(11-5-7-21-8-6-11)22-23-16(24)28-14-4-3-12(17(18,19)20)10-13(14)25(26)27/h3-8,10H,2,9H2,1H3. The summed E-state index contributed by atoms with van der Waals surface area (Å²) in [5, 5.41) is 19.9. The Balaban J connectivity index is 2.02. The highest BCUT2D eigenvalue weighted by Gasteiger charge is 2.33. The lowest BCUT2D eigenvalue weighted by molar-refractivity contribution is -0.388. The summed E-state index contributed by atoms with van der Waals surface area (Å²) in [5.41, 5.74) is -0.933. The number of hydrogen-bond donors (Lipinski definition) is 0. The van der Waals surface area contributed by atoms with Gasteiger partial charge in [0.25, 0.3) is 5.69 Å². The maximum Gasteiger partial charge on any atom is 0.416 e. The van der Waals surface area contributed by atoms with Gasteiger partial charge in [-0.1, -0.05) is 6.92 Å². The Bertz CT molecular complexity index is 992. The Kier molecular flexibility index (Phi) is 5.63. The van der Waals surface area contributed by atoms with Crippen molar-refractivity contribution in [2.45, 2.75) is 36.1 Å². The Morgan fingerprint density at radius 2 is 1.89 bits per heavy atom. The number of pyridine rings is 1. The molecule has 0 radical (unpaired) electrons. The molecule has 3 aromatic rings. The minimum Gasteiger partial charge on any atom is -0.302 e. The fraction of sp³-hybridized carbons (Fsp3) is 0.235. The second-order valence-corrected chi connectivity index (χ2v) is 6.74. The van der Waals surface area contributed by atoms with Crippen LogP contribution in [0.2, 0.25) is 0 Å². The Labute approximate surface area is 161 Å². The zero-order valence-corrected chi connectivity index (χ0v) is 15.4. The third-order valence-corrected chi connectivity index (χ3v) is 4.84. The first-order valence-electron chi connectivity index (χ1n) is 8.18. The molecule has 0 aliphatic carbocycles. The summed E-state index contributed by atoms with van der Waals surface area (Å²) in [5.74, 6) is 0.557. The van der Waals surface area contributed by atoms with Gasteiger partial charge in [-0.05, 0) is 42.4 Å². The van der Waals surface area contributed by atoms with E-state index < -0.39 is 22.4 Å². The van der Waals surface area contributed by atoms with Crippen molar-refractivity contribution >= 4 is 17.4 Å². The number of aromatic nitrogens is 4. The van der Waals surface area contributed by atoms with Gasteiger partial charge in [0.1, 0.15) is 0 Å². The Hall–Kier alpha value is -2.95. The number of nitro benzene ring substituents is 1. The van der Waals surface area contributed by atoms with Crippen LogP contribution < -0.4 is 0 Å². The van der Waals surface area contributed by atoms with E-state index in [0.29, 0.717) is 23.6 Å². The first kappa shape index (κ1) is 19.8. The molecule has 2 heterocycles. The third-order valence-electron chi connectivity index (χ3n) is 3.79. The molecule has 3 rings (SSSR count). The second kappa shape index (κ2) is 7.97. The minimum atomic E-state index is -4.66. The molecule has 0 saturated heterocycles. The largest absolute Gasteiger partial charge is 0.416 e. The van der Waals surface area contributed by atoms with Gasteiger partial charge in [-0.2, -0.15) is 13.2 Å². The van der Waals surface area contributed by atoms with Crippen molar-refractivity contribution in [2.24, 2.45) is 0 Å². The predicted molar refractivity (Wildman–Crippen MR) is 95.8 cm³/mol. The van der Waals surface area contributed by atoms with Crippen LogP contribution in [0.5, 0.6) is 0 Å². The lowest BCUT2D eigenvalue weighted by Gasteiger charge is -2.10. The molecule has 7 nitrogen and oxygen atoms in total. The highest BCUT2D eigenvalue weighted by atomic mass is 32.2. The van der Waals surface area contributed by atoms with Crippen LogP contribution >= 0.6 is 11.8 Å². The number of halogens is 3. The summed E-state index contributed by atoms with van der Waals surface area (Å²) in [4.78, 5) is 14.5. The van der Waals surface area contributed by atoms with Crippen LogP contribution in [0.1, 0.15) is 18.9 Å². The van der Waals surface area contributed by atoms with Crippen molar-refractivity contribution in [1.82, 2.24) is 19.7 Å². The molecule has 0 fully saturated rings. The molecule has 0 N–H and O–H groups in total. The molecule has 0 spiro atoms. The van der Waals surface area contributed by atoms with Crippen LogP contribution in [0.15, 0.2) is 52.8 Å². The van der Waals surface area contributed by atoms with E-state index in [-0.39, 0.29) is 4.90 Å². The van der Waals surface area contributed by atoms with Gasteiger partial charge in [0.05, 0.1) is 15.4 Å². The molecule has 1 aromatic carbocycles. The monoisotopic (exact) mass is 409 g/mol. The smallest absolute Gasteiger partial charge is 0.302 e. The SMILES string of the molecule is CCCn1c(Sc2ccc(C(F)(F)F)cc2[N+](=O)[O-])nnc1-c1ccncc1. The van der Waals surface area contributed by atoms with E-state index in [2.05, 4.69) is 15.2 Å². The topological polar surface area (TPSA) is 86.7 Å². The van der Waals surface area contributed by atoms with Crippen LogP contribution in [0.4, 0.5) is 18.9 Å². The lowest BCUT2D eigenvalue weighted by atomic mass is 10.2. The van der Waals surface area contributed by atoms with Crippen molar-refractivity contribution in [1.29, 1.82) is 0 Å². The van der Waals surface area contributed by atoms with Gasteiger partial charge in [0.2, 0.25) is 0 Å². The molecule has 0 aliphatic heterocycles. The van der Waals surface area contributed by atoms with Gasteiger partial charge in [0, 0.05) is 30.6 Å². The Morgan fingerprint density at radius 1 is 1.18 bits per heavy atom. The lowest BCUT2D eigenvalue weighted by Crippen LogP contribution is -2.06. The fourth-order valence-corrected chi connectivity index (χ4v) is 3.47. The molecule has 0 saturated carbocycles. The highest BCUT2D eigenvalue weighted by Crippen LogP contribution is 2.39. The molecule has 146 valence electrons. The normalized spacial score (nSPS) is 11.6. The van der Waals surface area contributed by atoms with E-state index in [4.69, 9.17) is 0 Å². The van der Waals surface area contributed by atoms with E-state index in [1.54, 1.807) is 29.1 Å². The number of nitro groups is 1. The maximum absolute atomic E-state index is 12.9. The van der Waals surface area contributed by atoms with Gasteiger partial charge in [-0.25, -0.2) is 0 Å². The first-order chi connectivity index (χ1) is 13.3. The number of hydrogen-bond acceptors (Lipinski definition) is 6. The van der Waals surface area contributed by atoms with Crippen molar-refractivity contribution in [2.75, 3.05) is 0 Å². The quantitative estimate of drug-likeness (QED) is 0.428. The van der Waals surface area contributed by atoms with E-state index in [0.717, 1.165) is 35.9 Å². The van der Waals surface area contributed by atoms with Crippen molar-refractivity contribution in [3.8, 4) is 11.4 Å². The Morgan fingerprint density at radius 3 is 2.50 bits per heavy atom. The fourth-order valence-electron chi connectivity index (χ4n) is 2.52. The molecule has 0 bridgehead atoms. The highest BCUT2D eigenvalue weighted by molar-refractivity contribution is 7.99. The van der Waals surface area contributed by atoms with Gasteiger partial charge in [-0.3, -0.25) is 15.1 Å². The zero-order chi connectivity index (χ0) is 20.3. The van der Waals surface area contributed by atoms with Gasteiger partial charge >= 0.3 is 6.18 Å². The average molecular weight is 409 g/mol. The number of alkyl halides is 3. The molecule has 11 heteroatoms. The average Bonchev–Trinajstić information content (AvgIpc) is 3.04. The summed E-state index contributed by atoms with van der Waals surface area (Å²) in [6, 6.07) is 5.95. The molecular weight excluding hydrogens is 395 g/mol. The van der Waals surface area contributed by atoms with Gasteiger partial charge in [-0.15, -0.1) is 10.2 Å². The first-order valence-corrected chi connectivity index (χ1v) is 9.00. The molecular formula is C17H14F3N5O2S. The van der Waals surface area contributed by atoms with Crippen LogP contribution in [-0.4, -0.2) is 24.7 Å². The van der Waals surface area contributed by atoms with Crippen LogP contribution in [0.3, 0.4) is 0 Å². The van der Waals surface area contributed by atoms with Crippen molar-refractivity contribution in [3.63, 3.8) is 0 Å². The molecule has 28 heavy (non-hydrogen) atoms. The summed E-state index contributed by atoms with van der Waals surface area (Å²) >= 11 is 0.909. The van der Waals surface area contributed by atoms with Crippen molar-refractivity contribution in [3.05, 3.63) is 58.4 Å². The zero-order valence-electron chi connectivity index (χ0n) is 14.6. The third kappa shape index (κ3) is 4.14. The summed E-state index contributed by atoms with van der Waals surface area (Å²) < 4.78 is 40.4. The van der Waals surface area contributed by atoms with E-state index >= 15 is 0 Å². The number of rotatable bonds is 6.